The molecule has 0 bridgehead atoms. The predicted octanol–water partition coefficient (Wildman–Crippen LogP) is 7.09. The summed E-state index contributed by atoms with van der Waals surface area (Å²) >= 11 is 0. The Hall–Kier alpha value is -6.44. The van der Waals surface area contributed by atoms with E-state index >= 15 is 0 Å². The van der Waals surface area contributed by atoms with Crippen molar-refractivity contribution in [2.45, 2.75) is 98.3 Å². The lowest BCUT2D eigenvalue weighted by Crippen LogP contribution is -2.60. The molecule has 4 unspecified atom stereocenters. The molecule has 2 amide bonds. The molecule has 1 aliphatic heterocycles. The fourth-order valence-corrected chi connectivity index (χ4v) is 8.78. The summed E-state index contributed by atoms with van der Waals surface area (Å²) in [5.41, 5.74) is 16.5. The quantitative estimate of drug-likeness (QED) is 0.0495. The predicted molar refractivity (Wildman–Crippen MR) is 251 cm³/mol. The third-order valence-electron chi connectivity index (χ3n) is 12.6. The highest BCUT2D eigenvalue weighted by molar-refractivity contribution is 6.00. The second-order valence-electron chi connectivity index (χ2n) is 17.1. The highest BCUT2D eigenvalue weighted by Crippen LogP contribution is 2.38. The number of benzene rings is 3. The van der Waals surface area contributed by atoms with Crippen molar-refractivity contribution in [3.05, 3.63) is 121 Å². The van der Waals surface area contributed by atoms with Crippen molar-refractivity contribution in [2.75, 3.05) is 29.5 Å². The second kappa shape index (κ2) is 17.9. The average Bonchev–Trinajstić information content (AvgIpc) is 3.22. The van der Waals surface area contributed by atoms with E-state index in [1.165, 1.54) is 6.07 Å². The van der Waals surface area contributed by atoms with Crippen LogP contribution in [0.3, 0.4) is 0 Å². The number of aromatic nitrogens is 2. The Morgan fingerprint density at radius 2 is 1.76 bits per heavy atom. The Morgan fingerprint density at radius 3 is 2.44 bits per heavy atom. The van der Waals surface area contributed by atoms with Gasteiger partial charge in [-0.1, -0.05) is 32.2 Å². The van der Waals surface area contributed by atoms with Crippen molar-refractivity contribution >= 4 is 74.5 Å². The molecule has 1 fully saturated rings. The summed E-state index contributed by atoms with van der Waals surface area (Å²) in [6, 6.07) is 13.9. The van der Waals surface area contributed by atoms with E-state index in [-0.39, 0.29) is 29.6 Å². The van der Waals surface area contributed by atoms with Gasteiger partial charge in [-0.25, -0.2) is 4.98 Å². The molecular weight excluding hydrogens is 779 g/mol. The minimum absolute atomic E-state index is 0.0249. The van der Waals surface area contributed by atoms with Crippen LogP contribution >= 0.6 is 0 Å². The largest absolute Gasteiger partial charge is 0.398 e. The normalized spacial score (nSPS) is 18.0. The first-order chi connectivity index (χ1) is 29.5. The number of nitro benzene ring substituents is 1. The molecule has 2 aliphatic rings. The molecule has 0 radical (unpaired) electrons. The number of carbonyl (C=O) groups is 2. The SMILES string of the molecule is C=C(C)Nc1ccc2ccc(NC(=O)C(C)NC(=O)C3CCN(CCC(C)c4cnc(=C)/c(=C\C5=C(C)c6nc7c(C)c(N)cc([N+](=O)[O-])c7cc6CC5)c4C)C(C)N3)cc2c1. The summed E-state index contributed by atoms with van der Waals surface area (Å²) in [7, 11) is 0. The summed E-state index contributed by atoms with van der Waals surface area (Å²) in [6.45, 7) is 23.7. The van der Waals surface area contributed by atoms with Gasteiger partial charge in [0, 0.05) is 53.3 Å². The molecule has 6 N–H and O–H groups in total. The molecular formula is C49H57N9O4. The van der Waals surface area contributed by atoms with Gasteiger partial charge in [0.1, 0.15) is 6.04 Å². The number of nitrogens with zero attached hydrogens (tertiary/aromatic N) is 4. The first kappa shape index (κ1) is 43.6. The van der Waals surface area contributed by atoms with E-state index in [1.54, 1.807) is 6.92 Å². The summed E-state index contributed by atoms with van der Waals surface area (Å²) < 4.78 is 0. The first-order valence-electron chi connectivity index (χ1n) is 21.3. The molecule has 7 rings (SSSR count). The lowest BCUT2D eigenvalue weighted by atomic mass is 9.87. The number of non-ortho nitro benzene ring substituents is 1. The molecule has 5 aromatic rings. The summed E-state index contributed by atoms with van der Waals surface area (Å²) in [5.74, 6) is -0.275. The number of allylic oxidation sites excluding steroid dienone is 3. The minimum Gasteiger partial charge on any atom is -0.398 e. The molecule has 4 atom stereocenters. The molecule has 1 aliphatic carbocycles. The maximum absolute atomic E-state index is 13.4. The van der Waals surface area contributed by atoms with Crippen LogP contribution in [0.5, 0.6) is 0 Å². The Bertz CT molecular complexity index is 2800. The number of nitrogen functional groups attached to an aromatic ring is 1. The molecule has 13 nitrogen and oxygen atoms in total. The van der Waals surface area contributed by atoms with Crippen LogP contribution < -0.4 is 37.6 Å². The highest BCUT2D eigenvalue weighted by atomic mass is 16.6. The van der Waals surface area contributed by atoms with Crippen LogP contribution in [0.2, 0.25) is 0 Å². The van der Waals surface area contributed by atoms with Crippen molar-refractivity contribution in [3.8, 4) is 0 Å². The lowest BCUT2D eigenvalue weighted by molar-refractivity contribution is -0.383. The zero-order valence-corrected chi connectivity index (χ0v) is 36.7. The van der Waals surface area contributed by atoms with Gasteiger partial charge in [-0.2, -0.15) is 0 Å². The number of anilines is 3. The van der Waals surface area contributed by atoms with Crippen LogP contribution in [-0.2, 0) is 16.0 Å². The van der Waals surface area contributed by atoms with Gasteiger partial charge in [0.15, 0.2) is 0 Å². The van der Waals surface area contributed by atoms with E-state index < -0.39 is 17.0 Å². The van der Waals surface area contributed by atoms with Gasteiger partial charge in [-0.05, 0) is 154 Å². The van der Waals surface area contributed by atoms with Gasteiger partial charge in [-0.3, -0.25) is 34.9 Å². The number of amides is 2. The minimum atomic E-state index is -0.726. The number of pyridine rings is 2. The third-order valence-corrected chi connectivity index (χ3v) is 12.6. The fourth-order valence-electron chi connectivity index (χ4n) is 8.78. The number of hydrogen-bond acceptors (Lipinski definition) is 10. The Kier molecular flexibility index (Phi) is 12.6. The number of rotatable bonds is 12. The van der Waals surface area contributed by atoms with Crippen LogP contribution in [0.15, 0.2) is 72.6 Å². The molecule has 13 heteroatoms. The van der Waals surface area contributed by atoms with E-state index in [0.29, 0.717) is 40.5 Å². The van der Waals surface area contributed by atoms with Crippen molar-refractivity contribution in [1.82, 2.24) is 25.5 Å². The first-order valence-corrected chi connectivity index (χ1v) is 21.3. The lowest BCUT2D eigenvalue weighted by Gasteiger charge is -2.39. The number of aryl methyl sites for hydroxylation is 2. The van der Waals surface area contributed by atoms with Crippen molar-refractivity contribution < 1.29 is 14.5 Å². The molecule has 0 saturated carbocycles. The van der Waals surface area contributed by atoms with Crippen LogP contribution in [0.1, 0.15) is 87.7 Å². The maximum atomic E-state index is 13.4. The Morgan fingerprint density at radius 1 is 1.05 bits per heavy atom. The molecule has 0 spiro atoms. The van der Waals surface area contributed by atoms with Gasteiger partial charge >= 0.3 is 0 Å². The van der Waals surface area contributed by atoms with Crippen LogP contribution in [0.25, 0.3) is 39.9 Å². The molecule has 3 aromatic carbocycles. The van der Waals surface area contributed by atoms with Crippen LogP contribution in [0, 0.1) is 24.0 Å². The number of fused-ring (bicyclic) bond motifs is 3. The summed E-state index contributed by atoms with van der Waals surface area (Å²) in [5, 5.41) is 28.7. The van der Waals surface area contributed by atoms with E-state index in [4.69, 9.17) is 15.7 Å². The standard InChI is InChI=1S/C49H57N9O4/c1-26(2)52-38-14-12-34-13-15-39(21-37(34)20-38)55-48(59)32(8)53-49(60)44-17-19-57(33(9)54-44)18-16-27(3)42-25-51-31(7)40(29(42)5)22-35-10-11-36-23-41-45(58(61)62)24-43(50)30(6)47(41)56-46(36)28(35)4/h12-15,20-25,27,32-33,44,52,54H,1,7,10-11,16-19,50H2,2-6,8-9H3,(H,53,60)(H,55,59)/b40-22-. The fraction of sp³-hybridized carbons (Fsp3) is 0.347. The van der Waals surface area contributed by atoms with Gasteiger partial charge in [0.25, 0.3) is 5.69 Å². The van der Waals surface area contributed by atoms with E-state index in [9.17, 15) is 19.7 Å². The monoisotopic (exact) mass is 835 g/mol. The molecule has 322 valence electrons. The molecule has 2 aromatic heterocycles. The van der Waals surface area contributed by atoms with Gasteiger partial charge in [0.05, 0.1) is 39.1 Å². The number of hydrogen-bond donors (Lipinski definition) is 5. The Labute approximate surface area is 362 Å². The van der Waals surface area contributed by atoms with Crippen LogP contribution in [-0.4, -0.2) is 62.9 Å². The smallest absolute Gasteiger partial charge is 0.280 e. The third kappa shape index (κ3) is 9.09. The second-order valence-corrected chi connectivity index (χ2v) is 17.1. The highest BCUT2D eigenvalue weighted by Gasteiger charge is 2.31. The van der Waals surface area contributed by atoms with Gasteiger partial charge in [0.2, 0.25) is 11.8 Å². The van der Waals surface area contributed by atoms with Crippen molar-refractivity contribution in [2.24, 2.45) is 0 Å². The zero-order chi connectivity index (χ0) is 44.6. The van der Waals surface area contributed by atoms with E-state index in [1.807, 2.05) is 62.5 Å². The van der Waals surface area contributed by atoms with Crippen molar-refractivity contribution in [3.63, 3.8) is 0 Å². The Balaban J connectivity index is 0.967. The van der Waals surface area contributed by atoms with E-state index in [2.05, 4.69) is 73.1 Å². The number of nitrogens with one attached hydrogen (secondary N) is 4. The van der Waals surface area contributed by atoms with Gasteiger partial charge < -0.3 is 21.7 Å². The van der Waals surface area contributed by atoms with E-state index in [0.717, 1.165) is 92.4 Å². The number of nitrogens with two attached hydrogens (primary N) is 1. The number of nitro groups is 1. The maximum Gasteiger partial charge on any atom is 0.280 e. The summed E-state index contributed by atoms with van der Waals surface area (Å²) in [4.78, 5) is 50.1. The molecule has 1 saturated heterocycles. The van der Waals surface area contributed by atoms with Crippen LogP contribution in [0.4, 0.5) is 22.7 Å². The average molecular weight is 836 g/mol. The van der Waals surface area contributed by atoms with Crippen molar-refractivity contribution in [1.29, 1.82) is 0 Å². The molecule has 3 heterocycles. The topological polar surface area (TPSA) is 180 Å². The van der Waals surface area contributed by atoms with Gasteiger partial charge in [-0.15, -0.1) is 0 Å². The number of carbonyl (C=O) groups excluding carboxylic acids is 2. The summed E-state index contributed by atoms with van der Waals surface area (Å²) in [6.07, 6.45) is 7.07. The zero-order valence-electron chi connectivity index (χ0n) is 36.7. The molecule has 62 heavy (non-hydrogen) atoms.